The molecule has 4 aromatic heterocycles. The molecule has 18 rings (SSSR count). The average Bonchev–Trinajstić information content (AvgIpc) is 3.89. The van der Waals surface area contributed by atoms with E-state index in [1.807, 2.05) is 0 Å². The Bertz CT molecular complexity index is 3980. The third-order valence-corrected chi connectivity index (χ3v) is 19.4. The Morgan fingerprint density at radius 2 is 0.971 bits per heavy atom. The lowest BCUT2D eigenvalue weighted by Crippen LogP contribution is -2.69. The lowest BCUT2D eigenvalue weighted by Gasteiger charge is -2.68. The van der Waals surface area contributed by atoms with Crippen LogP contribution in [0.3, 0.4) is 0 Å². The van der Waals surface area contributed by atoms with Gasteiger partial charge in [-0.1, -0.05) is 146 Å². The zero-order chi connectivity index (χ0) is 45.1. The van der Waals surface area contributed by atoms with Crippen LogP contribution in [0.2, 0.25) is 0 Å². The van der Waals surface area contributed by atoms with Gasteiger partial charge in [0.2, 0.25) is 0 Å². The first-order chi connectivity index (χ1) is 34.0. The zero-order valence-electron chi connectivity index (χ0n) is 38.9. The van der Waals surface area contributed by atoms with Gasteiger partial charge in [0.15, 0.2) is 0 Å². The maximum atomic E-state index is 5.76. The van der Waals surface area contributed by atoms with E-state index in [1.54, 1.807) is 5.56 Å². The van der Waals surface area contributed by atoms with Crippen molar-refractivity contribution in [3.05, 3.63) is 221 Å². The molecule has 3 nitrogen and oxygen atoms in total. The van der Waals surface area contributed by atoms with Crippen molar-refractivity contribution in [2.24, 2.45) is 11.8 Å². The summed E-state index contributed by atoms with van der Waals surface area (Å²) >= 11 is 0. The molecule has 2 fully saturated rings. The van der Waals surface area contributed by atoms with Crippen molar-refractivity contribution >= 4 is 38.1 Å². The van der Waals surface area contributed by atoms with Gasteiger partial charge in [0.1, 0.15) is 0 Å². The monoisotopic (exact) mass is 883 g/mol. The second-order valence-corrected chi connectivity index (χ2v) is 22.3. The van der Waals surface area contributed by atoms with Crippen molar-refractivity contribution in [3.63, 3.8) is 0 Å². The summed E-state index contributed by atoms with van der Waals surface area (Å²) in [5, 5.41) is 5.51. The summed E-state index contributed by atoms with van der Waals surface area (Å²) in [6.07, 6.45) is 11.1. The summed E-state index contributed by atoms with van der Waals surface area (Å²) in [6, 6.07) is 62.1. The van der Waals surface area contributed by atoms with Crippen LogP contribution in [-0.2, 0) is 16.2 Å². The summed E-state index contributed by atoms with van der Waals surface area (Å²) < 4.78 is 2.63. The van der Waals surface area contributed by atoms with Gasteiger partial charge in [-0.25, -0.2) is 0 Å². The fourth-order valence-corrected chi connectivity index (χ4v) is 17.2. The van der Waals surface area contributed by atoms with E-state index in [4.69, 9.17) is 9.97 Å². The fraction of sp³-hybridized carbons (Fsp3) is 0.212. The molecular weight excluding hydrogens is 835 g/mol. The van der Waals surface area contributed by atoms with Gasteiger partial charge in [-0.3, -0.25) is 9.97 Å². The van der Waals surface area contributed by atoms with Crippen molar-refractivity contribution < 1.29 is 0 Å². The highest BCUT2D eigenvalue weighted by Crippen LogP contribution is 2.82. The van der Waals surface area contributed by atoms with E-state index < -0.39 is 0 Å². The summed E-state index contributed by atoms with van der Waals surface area (Å²) in [4.78, 5) is 11.4. The van der Waals surface area contributed by atoms with Gasteiger partial charge in [0.05, 0.1) is 40.1 Å². The Hall–Kier alpha value is -7.36. The molecule has 3 heteroatoms. The van der Waals surface area contributed by atoms with Gasteiger partial charge in [0, 0.05) is 44.0 Å². The molecule has 0 amide bonds. The number of aromatic nitrogens is 3. The molecule has 1 spiro atoms. The molecule has 0 aliphatic heterocycles. The Kier molecular flexibility index (Phi) is 6.89. The number of pyridine rings is 2. The number of nitrogens with zero attached hydrogens (tertiary/aromatic N) is 3. The van der Waals surface area contributed by atoms with Crippen molar-refractivity contribution in [2.75, 3.05) is 0 Å². The highest BCUT2D eigenvalue weighted by molar-refractivity contribution is 6.27. The second-order valence-electron chi connectivity index (χ2n) is 22.3. The summed E-state index contributed by atoms with van der Waals surface area (Å²) in [5.41, 5.74) is 24.4. The minimum Gasteiger partial charge on any atom is -0.305 e. The predicted molar refractivity (Wildman–Crippen MR) is 281 cm³/mol. The van der Waals surface area contributed by atoms with E-state index in [1.165, 1.54) is 154 Å². The topological polar surface area (TPSA) is 30.2 Å². The number of rotatable bonds is 4. The quantitative estimate of drug-likeness (QED) is 0.176. The molecule has 69 heavy (non-hydrogen) atoms. The zero-order valence-corrected chi connectivity index (χ0v) is 38.9. The third-order valence-electron chi connectivity index (χ3n) is 19.4. The Labute approximate surface area is 401 Å². The van der Waals surface area contributed by atoms with Gasteiger partial charge in [-0.15, -0.1) is 0 Å². The van der Waals surface area contributed by atoms with E-state index in [9.17, 15) is 0 Å². The molecular formula is C66H49N3. The summed E-state index contributed by atoms with van der Waals surface area (Å²) in [5.74, 6) is 2.70. The average molecular weight is 884 g/mol. The second kappa shape index (κ2) is 12.6. The number of hydrogen-bond donors (Lipinski definition) is 0. The number of fused-ring (bicyclic) bond motifs is 14. The van der Waals surface area contributed by atoms with Gasteiger partial charge in [-0.05, 0) is 159 Å². The summed E-state index contributed by atoms with van der Waals surface area (Å²) in [7, 11) is 0. The normalized spacial score (nSPS) is 26.3. The van der Waals surface area contributed by atoms with Gasteiger partial charge >= 0.3 is 0 Å². The van der Waals surface area contributed by atoms with Crippen LogP contribution in [-0.4, -0.2) is 14.4 Å². The predicted octanol–water partition coefficient (Wildman–Crippen LogP) is 15.9. The molecule has 7 aromatic carbocycles. The smallest absolute Gasteiger partial charge is 0.0728 e. The molecule has 0 N–H and O–H groups in total. The maximum Gasteiger partial charge on any atom is 0.0728 e. The van der Waals surface area contributed by atoms with Crippen LogP contribution in [0.5, 0.6) is 0 Å². The van der Waals surface area contributed by atoms with Crippen LogP contribution in [0.1, 0.15) is 103 Å². The molecule has 5 unspecified atom stereocenters. The van der Waals surface area contributed by atoms with Gasteiger partial charge in [0.25, 0.3) is 0 Å². The van der Waals surface area contributed by atoms with Crippen LogP contribution in [0.4, 0.5) is 0 Å². The fourth-order valence-electron chi connectivity index (χ4n) is 17.2. The molecule has 0 radical (unpaired) electrons. The van der Waals surface area contributed by atoms with E-state index in [0.717, 1.165) is 11.8 Å². The molecule has 11 aromatic rings. The SMILES string of the molecule is CC12c3ccccc3C13c1ccccc1C3(C)c1c2ncc2c1c1cc(-c3c(-c4ccccc4)cc(-c4ccccc4)cc3-c3ccccc3)cc3c4c5c(ncc4n2c31)C1CC2CC(C1)CC5C2. The highest BCUT2D eigenvalue weighted by Gasteiger charge is 2.81. The summed E-state index contributed by atoms with van der Waals surface area (Å²) in [6.45, 7) is 5.08. The highest BCUT2D eigenvalue weighted by atomic mass is 15.0. The van der Waals surface area contributed by atoms with Crippen molar-refractivity contribution in [3.8, 4) is 44.5 Å². The van der Waals surface area contributed by atoms with E-state index in [0.29, 0.717) is 11.8 Å². The molecule has 4 heterocycles. The Morgan fingerprint density at radius 3 is 1.59 bits per heavy atom. The lowest BCUT2D eigenvalue weighted by molar-refractivity contribution is 0.165. The minimum absolute atomic E-state index is 0.195. The van der Waals surface area contributed by atoms with E-state index >= 15 is 0 Å². The third kappa shape index (κ3) is 4.21. The molecule has 0 saturated heterocycles. The standard InChI is InChI=1S/C66H49N3/c1-64-50-22-12-14-24-52(50)66(64)53-25-15-13-23-51(53)65(66,2)63-60(64)59-49-34-44(56-46(40-18-8-4-9-19-40)31-42(39-16-6-3-7-17-39)32-47(56)41-20-10-5-11-21-41)33-48-58-54(69(62(48)49)55(59)36-68-63)35-67-61-45-29-37-26-38(30-45)28-43(27-37)57(58)61/h3-25,31-38,43,45H,26-30H2,1-2H3. The first-order valence-electron chi connectivity index (χ1n) is 25.6. The van der Waals surface area contributed by atoms with E-state index in [2.05, 4.69) is 194 Å². The molecule has 2 saturated carbocycles. The molecule has 4 bridgehead atoms. The molecule has 328 valence electrons. The Balaban J connectivity index is 1.06. The number of hydrogen-bond acceptors (Lipinski definition) is 2. The van der Waals surface area contributed by atoms with Crippen molar-refractivity contribution in [1.82, 2.24) is 14.4 Å². The van der Waals surface area contributed by atoms with Crippen molar-refractivity contribution in [1.29, 1.82) is 0 Å². The van der Waals surface area contributed by atoms with Crippen LogP contribution in [0.15, 0.2) is 176 Å². The van der Waals surface area contributed by atoms with Crippen LogP contribution in [0, 0.1) is 11.8 Å². The van der Waals surface area contributed by atoms with E-state index in [-0.39, 0.29) is 16.2 Å². The van der Waals surface area contributed by atoms with Crippen molar-refractivity contribution in [2.45, 2.75) is 74.0 Å². The van der Waals surface area contributed by atoms with Gasteiger partial charge < -0.3 is 4.40 Å². The maximum absolute atomic E-state index is 5.76. The van der Waals surface area contributed by atoms with Crippen LogP contribution >= 0.6 is 0 Å². The van der Waals surface area contributed by atoms with Gasteiger partial charge in [-0.2, -0.15) is 0 Å². The van der Waals surface area contributed by atoms with Crippen LogP contribution in [0.25, 0.3) is 82.6 Å². The largest absolute Gasteiger partial charge is 0.305 e. The molecule has 7 aliphatic carbocycles. The first kappa shape index (κ1) is 37.6. The molecule has 5 atom stereocenters. The minimum atomic E-state index is -0.280. The first-order valence-corrected chi connectivity index (χ1v) is 25.6. The number of benzene rings is 7. The Morgan fingerprint density at radius 1 is 0.464 bits per heavy atom. The molecule has 7 aliphatic rings. The lowest BCUT2D eigenvalue weighted by atomic mass is 9.32. The van der Waals surface area contributed by atoms with Crippen LogP contribution < -0.4 is 0 Å².